The first kappa shape index (κ1) is 8.74. The van der Waals surface area contributed by atoms with E-state index in [4.69, 9.17) is 0 Å². The Hall–Kier alpha value is -1.84. The highest BCUT2D eigenvalue weighted by atomic mass is 15.0. The summed E-state index contributed by atoms with van der Waals surface area (Å²) < 4.78 is 1.99. The molecule has 4 nitrogen and oxygen atoms in total. The number of pyridine rings is 1. The normalized spacial score (nSPS) is 10.1. The zero-order valence-corrected chi connectivity index (χ0v) is 8.01. The van der Waals surface area contributed by atoms with Crippen LogP contribution in [0.1, 0.15) is 5.69 Å². The summed E-state index contributed by atoms with van der Waals surface area (Å²) in [4.78, 5) is 8.39. The van der Waals surface area contributed by atoms with E-state index in [9.17, 15) is 0 Å². The minimum atomic E-state index is 0.759. The first-order valence-electron chi connectivity index (χ1n) is 4.48. The fraction of sp³-hybridized carbons (Fsp3) is 0.200. The molecule has 4 heteroatoms. The number of hydrogen-bond acceptors (Lipinski definition) is 3. The molecule has 0 saturated carbocycles. The Morgan fingerprint density at radius 1 is 1.43 bits per heavy atom. The molecule has 2 aromatic rings. The molecular formula is C10H12N4. The number of rotatable bonds is 3. The molecular weight excluding hydrogens is 176 g/mol. The van der Waals surface area contributed by atoms with Crippen molar-refractivity contribution in [1.29, 1.82) is 0 Å². The molecule has 0 aromatic carbocycles. The summed E-state index contributed by atoms with van der Waals surface area (Å²) in [6.07, 6.45) is 5.48. The smallest absolute Gasteiger partial charge is 0.126 e. The van der Waals surface area contributed by atoms with Crippen LogP contribution >= 0.6 is 0 Å². The summed E-state index contributed by atoms with van der Waals surface area (Å²) >= 11 is 0. The van der Waals surface area contributed by atoms with Gasteiger partial charge in [0, 0.05) is 19.4 Å². The van der Waals surface area contributed by atoms with Crippen molar-refractivity contribution in [1.82, 2.24) is 14.5 Å². The third-order valence-corrected chi connectivity index (χ3v) is 1.97. The van der Waals surface area contributed by atoms with Gasteiger partial charge < -0.3 is 9.88 Å². The van der Waals surface area contributed by atoms with Gasteiger partial charge in [0.2, 0.25) is 0 Å². The van der Waals surface area contributed by atoms with Gasteiger partial charge in [0.25, 0.3) is 0 Å². The van der Waals surface area contributed by atoms with E-state index in [1.807, 2.05) is 36.0 Å². The first-order valence-corrected chi connectivity index (χ1v) is 4.48. The second-order valence-electron chi connectivity index (χ2n) is 3.00. The van der Waals surface area contributed by atoms with Crippen LogP contribution < -0.4 is 5.32 Å². The third-order valence-electron chi connectivity index (χ3n) is 1.97. The number of nitrogens with one attached hydrogen (secondary N) is 1. The Balaban J connectivity index is 2.17. The van der Waals surface area contributed by atoms with Gasteiger partial charge in [-0.05, 0) is 12.1 Å². The molecule has 0 amide bonds. The van der Waals surface area contributed by atoms with Crippen LogP contribution in [0.2, 0.25) is 0 Å². The summed E-state index contributed by atoms with van der Waals surface area (Å²) in [5.41, 5.74) is 1.02. The Bertz CT molecular complexity index is 394. The second kappa shape index (κ2) is 3.91. The fourth-order valence-corrected chi connectivity index (χ4v) is 1.27. The van der Waals surface area contributed by atoms with Crippen molar-refractivity contribution < 1.29 is 0 Å². The van der Waals surface area contributed by atoms with Crippen molar-refractivity contribution in [2.75, 3.05) is 12.4 Å². The zero-order valence-electron chi connectivity index (χ0n) is 8.01. The lowest BCUT2D eigenvalue weighted by Crippen LogP contribution is -2.01. The predicted molar refractivity (Wildman–Crippen MR) is 55.1 cm³/mol. The number of nitrogens with zero attached hydrogens (tertiary/aromatic N) is 3. The van der Waals surface area contributed by atoms with Gasteiger partial charge in [-0.3, -0.25) is 0 Å². The molecule has 0 aliphatic rings. The van der Waals surface area contributed by atoms with Crippen molar-refractivity contribution in [3.05, 3.63) is 42.6 Å². The average molecular weight is 188 g/mol. The first-order chi connectivity index (χ1) is 6.88. The van der Waals surface area contributed by atoms with Crippen LogP contribution in [0.25, 0.3) is 0 Å². The van der Waals surface area contributed by atoms with E-state index in [1.54, 1.807) is 12.5 Å². The summed E-state index contributed by atoms with van der Waals surface area (Å²) in [6, 6.07) is 5.93. The highest BCUT2D eigenvalue weighted by Gasteiger charge is 1.96. The zero-order chi connectivity index (χ0) is 9.80. The van der Waals surface area contributed by atoms with Gasteiger partial charge in [0.05, 0.1) is 18.6 Å². The van der Waals surface area contributed by atoms with E-state index in [1.165, 1.54) is 0 Å². The minimum absolute atomic E-state index is 0.759. The monoisotopic (exact) mass is 188 g/mol. The van der Waals surface area contributed by atoms with Crippen molar-refractivity contribution in [3.63, 3.8) is 0 Å². The van der Waals surface area contributed by atoms with E-state index in [0.717, 1.165) is 18.1 Å². The number of imidazole rings is 1. The molecule has 0 aliphatic heterocycles. The molecule has 0 fully saturated rings. The van der Waals surface area contributed by atoms with Crippen LogP contribution in [-0.2, 0) is 6.54 Å². The molecule has 1 N–H and O–H groups in total. The van der Waals surface area contributed by atoms with E-state index >= 15 is 0 Å². The van der Waals surface area contributed by atoms with Gasteiger partial charge in [-0.25, -0.2) is 9.97 Å². The number of aromatic nitrogens is 3. The second-order valence-corrected chi connectivity index (χ2v) is 3.00. The van der Waals surface area contributed by atoms with Crippen LogP contribution in [0.4, 0.5) is 5.82 Å². The van der Waals surface area contributed by atoms with Gasteiger partial charge in [-0.15, -0.1) is 0 Å². The Labute approximate surface area is 82.6 Å². The average Bonchev–Trinajstić information content (AvgIpc) is 2.71. The standard InChI is InChI=1S/C10H12N4/c1-11-10-4-2-3-9(13-10)7-14-6-5-12-8-14/h2-6,8H,7H2,1H3,(H,11,13). The summed E-state index contributed by atoms with van der Waals surface area (Å²) in [7, 11) is 1.86. The van der Waals surface area contributed by atoms with Crippen LogP contribution in [0.5, 0.6) is 0 Å². The number of anilines is 1. The lowest BCUT2D eigenvalue weighted by atomic mass is 10.3. The summed E-state index contributed by atoms with van der Waals surface area (Å²) in [5.74, 6) is 0.891. The van der Waals surface area contributed by atoms with Crippen molar-refractivity contribution in [2.24, 2.45) is 0 Å². The summed E-state index contributed by atoms with van der Waals surface area (Å²) in [5, 5.41) is 3.01. The summed E-state index contributed by atoms with van der Waals surface area (Å²) in [6.45, 7) is 0.759. The molecule has 2 aromatic heterocycles. The molecule has 0 aliphatic carbocycles. The Morgan fingerprint density at radius 2 is 2.36 bits per heavy atom. The van der Waals surface area contributed by atoms with Crippen LogP contribution in [-0.4, -0.2) is 21.6 Å². The fourth-order valence-electron chi connectivity index (χ4n) is 1.27. The van der Waals surface area contributed by atoms with E-state index < -0.39 is 0 Å². The van der Waals surface area contributed by atoms with E-state index in [2.05, 4.69) is 15.3 Å². The topological polar surface area (TPSA) is 42.7 Å². The lowest BCUT2D eigenvalue weighted by Gasteiger charge is -2.04. The van der Waals surface area contributed by atoms with Crippen LogP contribution in [0, 0.1) is 0 Å². The van der Waals surface area contributed by atoms with Gasteiger partial charge in [-0.2, -0.15) is 0 Å². The van der Waals surface area contributed by atoms with E-state index in [-0.39, 0.29) is 0 Å². The largest absolute Gasteiger partial charge is 0.373 e. The van der Waals surface area contributed by atoms with Crippen LogP contribution in [0.15, 0.2) is 36.9 Å². The molecule has 14 heavy (non-hydrogen) atoms. The molecule has 0 bridgehead atoms. The minimum Gasteiger partial charge on any atom is -0.373 e. The maximum Gasteiger partial charge on any atom is 0.126 e. The number of hydrogen-bond donors (Lipinski definition) is 1. The molecule has 0 saturated heterocycles. The maximum atomic E-state index is 4.41. The SMILES string of the molecule is CNc1cccc(Cn2ccnc2)n1. The highest BCUT2D eigenvalue weighted by molar-refractivity contribution is 5.34. The lowest BCUT2D eigenvalue weighted by molar-refractivity contribution is 0.774. The molecule has 0 radical (unpaired) electrons. The van der Waals surface area contributed by atoms with Gasteiger partial charge in [-0.1, -0.05) is 6.07 Å². The Kier molecular flexibility index (Phi) is 2.44. The molecule has 0 spiro atoms. The molecule has 2 rings (SSSR count). The molecule has 0 atom stereocenters. The van der Waals surface area contributed by atoms with E-state index in [0.29, 0.717) is 0 Å². The van der Waals surface area contributed by atoms with Gasteiger partial charge in [0.1, 0.15) is 5.82 Å². The van der Waals surface area contributed by atoms with Crippen LogP contribution in [0.3, 0.4) is 0 Å². The van der Waals surface area contributed by atoms with Gasteiger partial charge in [0.15, 0.2) is 0 Å². The Morgan fingerprint density at radius 3 is 3.07 bits per heavy atom. The van der Waals surface area contributed by atoms with Crippen molar-refractivity contribution in [3.8, 4) is 0 Å². The maximum absolute atomic E-state index is 4.41. The highest BCUT2D eigenvalue weighted by Crippen LogP contribution is 2.05. The van der Waals surface area contributed by atoms with Gasteiger partial charge >= 0.3 is 0 Å². The predicted octanol–water partition coefficient (Wildman–Crippen LogP) is 1.37. The molecule has 0 unspecified atom stereocenters. The van der Waals surface area contributed by atoms with Crippen molar-refractivity contribution >= 4 is 5.82 Å². The molecule has 72 valence electrons. The third kappa shape index (κ3) is 1.90. The van der Waals surface area contributed by atoms with Crippen molar-refractivity contribution in [2.45, 2.75) is 6.54 Å². The quantitative estimate of drug-likeness (QED) is 0.791. The molecule has 2 heterocycles.